The van der Waals surface area contributed by atoms with Crippen LogP contribution in [-0.2, 0) is 13.1 Å². The van der Waals surface area contributed by atoms with Crippen LogP contribution in [0.1, 0.15) is 43.7 Å². The Kier molecular flexibility index (Phi) is 5.44. The third-order valence-electron chi connectivity index (χ3n) is 4.63. The molecule has 1 aliphatic rings. The molecule has 112 valence electrons. The Morgan fingerprint density at radius 1 is 1.30 bits per heavy atom. The van der Waals surface area contributed by atoms with Crippen LogP contribution in [0.25, 0.3) is 0 Å². The summed E-state index contributed by atoms with van der Waals surface area (Å²) >= 11 is 0. The maximum Gasteiger partial charge on any atom is 0.123 e. The Hall–Kier alpha value is -1.06. The third-order valence-corrected chi connectivity index (χ3v) is 4.63. The molecule has 1 saturated carbocycles. The second-order valence-electron chi connectivity index (χ2n) is 6.09. The zero-order valence-corrected chi connectivity index (χ0v) is 13.1. The monoisotopic (exact) mass is 276 g/mol. The number of ether oxygens (including phenoxy) is 1. The van der Waals surface area contributed by atoms with E-state index in [1.165, 1.54) is 31.2 Å². The number of rotatable bonds is 5. The van der Waals surface area contributed by atoms with E-state index in [9.17, 15) is 0 Å². The molecule has 2 atom stereocenters. The normalized spacial score (nSPS) is 23.1. The second kappa shape index (κ2) is 7.09. The number of benzene rings is 1. The fourth-order valence-corrected chi connectivity index (χ4v) is 3.45. The van der Waals surface area contributed by atoms with Gasteiger partial charge in [-0.15, -0.1) is 0 Å². The van der Waals surface area contributed by atoms with E-state index in [4.69, 9.17) is 10.5 Å². The van der Waals surface area contributed by atoms with Crippen LogP contribution in [0.3, 0.4) is 0 Å². The molecule has 0 aromatic heterocycles. The molecule has 0 amide bonds. The van der Waals surface area contributed by atoms with Crippen molar-refractivity contribution in [2.75, 3.05) is 14.2 Å². The van der Waals surface area contributed by atoms with E-state index in [1.54, 1.807) is 7.11 Å². The molecule has 0 bridgehead atoms. The highest BCUT2D eigenvalue weighted by molar-refractivity contribution is 5.37. The molecule has 0 heterocycles. The van der Waals surface area contributed by atoms with Crippen molar-refractivity contribution in [1.82, 2.24) is 4.90 Å². The Morgan fingerprint density at radius 3 is 2.70 bits per heavy atom. The number of hydrogen-bond donors (Lipinski definition) is 1. The van der Waals surface area contributed by atoms with Crippen molar-refractivity contribution >= 4 is 0 Å². The van der Waals surface area contributed by atoms with Crippen LogP contribution < -0.4 is 10.5 Å². The molecule has 1 aromatic carbocycles. The van der Waals surface area contributed by atoms with Gasteiger partial charge in [-0.3, -0.25) is 4.90 Å². The summed E-state index contributed by atoms with van der Waals surface area (Å²) in [6.07, 6.45) is 5.46. The van der Waals surface area contributed by atoms with Gasteiger partial charge in [0.15, 0.2) is 0 Å². The second-order valence-corrected chi connectivity index (χ2v) is 6.09. The molecule has 3 heteroatoms. The van der Waals surface area contributed by atoms with Gasteiger partial charge in [-0.2, -0.15) is 0 Å². The van der Waals surface area contributed by atoms with E-state index in [1.807, 2.05) is 6.07 Å². The van der Waals surface area contributed by atoms with Gasteiger partial charge < -0.3 is 10.5 Å². The van der Waals surface area contributed by atoms with Gasteiger partial charge in [-0.25, -0.2) is 0 Å². The molecule has 2 unspecified atom stereocenters. The Balaban J connectivity index is 2.05. The first-order valence-electron chi connectivity index (χ1n) is 7.71. The van der Waals surface area contributed by atoms with Gasteiger partial charge in [0.25, 0.3) is 0 Å². The van der Waals surface area contributed by atoms with E-state index < -0.39 is 0 Å². The van der Waals surface area contributed by atoms with Crippen LogP contribution >= 0.6 is 0 Å². The van der Waals surface area contributed by atoms with E-state index in [0.29, 0.717) is 12.6 Å². The molecule has 0 aliphatic heterocycles. The first-order valence-corrected chi connectivity index (χ1v) is 7.71. The largest absolute Gasteiger partial charge is 0.496 e. The third kappa shape index (κ3) is 3.53. The quantitative estimate of drug-likeness (QED) is 0.897. The van der Waals surface area contributed by atoms with Crippen LogP contribution in [0.4, 0.5) is 0 Å². The highest BCUT2D eigenvalue weighted by Gasteiger charge is 2.24. The first kappa shape index (κ1) is 15.3. The lowest BCUT2D eigenvalue weighted by molar-refractivity contribution is 0.133. The SMILES string of the molecule is COc1ccc(CN(C)C2CCCCC2C)cc1CN. The number of nitrogens with two attached hydrogens (primary N) is 1. The van der Waals surface area contributed by atoms with Crippen molar-refractivity contribution in [1.29, 1.82) is 0 Å². The summed E-state index contributed by atoms with van der Waals surface area (Å²) in [6.45, 7) is 3.91. The zero-order chi connectivity index (χ0) is 14.5. The van der Waals surface area contributed by atoms with Crippen LogP contribution in [0.2, 0.25) is 0 Å². The van der Waals surface area contributed by atoms with Gasteiger partial charge in [-0.1, -0.05) is 25.8 Å². The standard InChI is InChI=1S/C17H28N2O/c1-13-6-4-5-7-16(13)19(2)12-14-8-9-17(20-3)15(10-14)11-18/h8-10,13,16H,4-7,11-12,18H2,1-3H3. The van der Waals surface area contributed by atoms with E-state index >= 15 is 0 Å². The molecular weight excluding hydrogens is 248 g/mol. The lowest BCUT2D eigenvalue weighted by Crippen LogP contribution is -2.38. The van der Waals surface area contributed by atoms with Gasteiger partial charge in [0.2, 0.25) is 0 Å². The van der Waals surface area contributed by atoms with Crippen LogP contribution in [0.15, 0.2) is 18.2 Å². The summed E-state index contributed by atoms with van der Waals surface area (Å²) in [7, 11) is 3.95. The first-order chi connectivity index (χ1) is 9.65. The zero-order valence-electron chi connectivity index (χ0n) is 13.1. The minimum Gasteiger partial charge on any atom is -0.496 e. The molecule has 3 nitrogen and oxygen atoms in total. The minimum absolute atomic E-state index is 0.528. The van der Waals surface area contributed by atoms with Crippen LogP contribution in [0.5, 0.6) is 5.75 Å². The van der Waals surface area contributed by atoms with Crippen molar-refractivity contribution in [3.05, 3.63) is 29.3 Å². The van der Waals surface area contributed by atoms with E-state index in [-0.39, 0.29) is 0 Å². The summed E-state index contributed by atoms with van der Waals surface area (Å²) in [5, 5.41) is 0. The lowest BCUT2D eigenvalue weighted by Gasteiger charge is -2.36. The van der Waals surface area contributed by atoms with Gasteiger partial charge in [0, 0.05) is 24.7 Å². The molecule has 2 N–H and O–H groups in total. The topological polar surface area (TPSA) is 38.5 Å². The summed E-state index contributed by atoms with van der Waals surface area (Å²) < 4.78 is 5.34. The molecule has 0 spiro atoms. The summed E-state index contributed by atoms with van der Waals surface area (Å²) in [5.74, 6) is 1.70. The molecular formula is C17H28N2O. The van der Waals surface area contributed by atoms with Crippen molar-refractivity contribution in [3.8, 4) is 5.75 Å². The maximum absolute atomic E-state index is 5.80. The summed E-state index contributed by atoms with van der Waals surface area (Å²) in [6, 6.07) is 7.09. The highest BCUT2D eigenvalue weighted by Crippen LogP contribution is 2.28. The molecule has 2 rings (SSSR count). The van der Waals surface area contributed by atoms with Gasteiger partial charge in [0.1, 0.15) is 5.75 Å². The van der Waals surface area contributed by atoms with Crippen molar-refractivity contribution < 1.29 is 4.74 Å². The average molecular weight is 276 g/mol. The number of hydrogen-bond acceptors (Lipinski definition) is 3. The number of methoxy groups -OCH3 is 1. The molecule has 1 fully saturated rings. The molecule has 1 aliphatic carbocycles. The molecule has 1 aromatic rings. The fourth-order valence-electron chi connectivity index (χ4n) is 3.45. The molecule has 0 saturated heterocycles. The Bertz CT molecular complexity index is 433. The Morgan fingerprint density at radius 2 is 2.05 bits per heavy atom. The predicted octanol–water partition coefficient (Wildman–Crippen LogP) is 3.16. The average Bonchev–Trinajstić information content (AvgIpc) is 2.47. The van der Waals surface area contributed by atoms with E-state index in [0.717, 1.165) is 23.8 Å². The predicted molar refractivity (Wildman–Crippen MR) is 83.8 cm³/mol. The van der Waals surface area contributed by atoms with Crippen molar-refractivity contribution in [3.63, 3.8) is 0 Å². The summed E-state index contributed by atoms with van der Waals surface area (Å²) in [4.78, 5) is 2.51. The van der Waals surface area contributed by atoms with Crippen LogP contribution in [-0.4, -0.2) is 25.1 Å². The van der Waals surface area contributed by atoms with E-state index in [2.05, 4.69) is 31.0 Å². The minimum atomic E-state index is 0.528. The highest BCUT2D eigenvalue weighted by atomic mass is 16.5. The van der Waals surface area contributed by atoms with Gasteiger partial charge in [-0.05, 0) is 43.5 Å². The van der Waals surface area contributed by atoms with Crippen molar-refractivity contribution in [2.45, 2.75) is 51.7 Å². The fraction of sp³-hybridized carbons (Fsp3) is 0.647. The van der Waals surface area contributed by atoms with Gasteiger partial charge >= 0.3 is 0 Å². The van der Waals surface area contributed by atoms with Gasteiger partial charge in [0.05, 0.1) is 7.11 Å². The Labute approximate surface area is 123 Å². The molecule has 20 heavy (non-hydrogen) atoms. The lowest BCUT2D eigenvalue weighted by atomic mass is 9.85. The van der Waals surface area contributed by atoms with Crippen LogP contribution in [0, 0.1) is 5.92 Å². The van der Waals surface area contributed by atoms with Crippen molar-refractivity contribution in [2.24, 2.45) is 11.7 Å². The molecule has 0 radical (unpaired) electrons. The number of nitrogens with zero attached hydrogens (tertiary/aromatic N) is 1. The summed E-state index contributed by atoms with van der Waals surface area (Å²) in [5.41, 5.74) is 8.22. The maximum atomic E-state index is 5.80. The smallest absolute Gasteiger partial charge is 0.123 e.